The summed E-state index contributed by atoms with van der Waals surface area (Å²) in [5.74, 6) is 1.66. The van der Waals surface area contributed by atoms with Gasteiger partial charge in [-0.05, 0) is 12.3 Å². The molecule has 0 spiro atoms. The molecular weight excluding hydrogens is 108 g/mol. The average Bonchev–Trinajstić information content (AvgIpc) is 2.58. The lowest BCUT2D eigenvalue weighted by Crippen LogP contribution is -2.13. The van der Waals surface area contributed by atoms with E-state index in [0.29, 0.717) is 0 Å². The van der Waals surface area contributed by atoms with Crippen molar-refractivity contribution in [3.05, 3.63) is 23.3 Å². The molecule has 0 nitrogen and oxygen atoms in total. The molecule has 0 amide bonds. The summed E-state index contributed by atoms with van der Waals surface area (Å²) < 4.78 is 0. The smallest absolute Gasteiger partial charge is 0.0202 e. The van der Waals surface area contributed by atoms with Crippen LogP contribution in [0.4, 0.5) is 0 Å². The molecule has 9 heavy (non-hydrogen) atoms. The van der Waals surface area contributed by atoms with Crippen molar-refractivity contribution in [1.82, 2.24) is 0 Å². The summed E-state index contributed by atoms with van der Waals surface area (Å²) >= 11 is 0. The molecule has 2 atom stereocenters. The zero-order valence-corrected chi connectivity index (χ0v) is 6.02. The van der Waals surface area contributed by atoms with Crippen LogP contribution in [-0.4, -0.2) is 0 Å². The molecule has 0 aliphatic heterocycles. The van der Waals surface area contributed by atoms with Crippen molar-refractivity contribution < 1.29 is 0 Å². The van der Waals surface area contributed by atoms with Gasteiger partial charge in [-0.1, -0.05) is 37.1 Å². The number of fused-ring (bicyclic) bond motifs is 1. The summed E-state index contributed by atoms with van der Waals surface area (Å²) in [6.07, 6.45) is 5.96. The van der Waals surface area contributed by atoms with E-state index in [1.165, 1.54) is 6.42 Å². The van der Waals surface area contributed by atoms with Gasteiger partial charge in [0, 0.05) is 5.92 Å². The van der Waals surface area contributed by atoms with Gasteiger partial charge in [-0.15, -0.1) is 0 Å². The van der Waals surface area contributed by atoms with Crippen LogP contribution in [0.15, 0.2) is 23.3 Å². The van der Waals surface area contributed by atoms with Gasteiger partial charge in [0.1, 0.15) is 0 Å². The first kappa shape index (κ1) is 5.28. The second-order valence-corrected chi connectivity index (χ2v) is 2.98. The van der Waals surface area contributed by atoms with Gasteiger partial charge in [0.05, 0.1) is 0 Å². The zero-order valence-electron chi connectivity index (χ0n) is 6.02. The summed E-state index contributed by atoms with van der Waals surface area (Å²) in [5, 5.41) is 0. The molecule has 2 unspecified atom stereocenters. The molecule has 0 saturated heterocycles. The number of hydrogen-bond acceptors (Lipinski definition) is 0. The first-order chi connectivity index (χ1) is 4.34. The molecule has 0 aromatic rings. The number of rotatable bonds is 1. The Morgan fingerprint density at radius 1 is 1.67 bits per heavy atom. The van der Waals surface area contributed by atoms with Crippen molar-refractivity contribution in [1.29, 1.82) is 0 Å². The monoisotopic (exact) mass is 120 g/mol. The van der Waals surface area contributed by atoms with Crippen molar-refractivity contribution in [2.45, 2.75) is 20.3 Å². The van der Waals surface area contributed by atoms with Crippen LogP contribution in [0.1, 0.15) is 20.3 Å². The fourth-order valence-electron chi connectivity index (χ4n) is 1.75. The molecule has 2 aliphatic rings. The molecule has 0 aromatic carbocycles. The SMILES string of the molecule is CCC=C1C(C)C2=CC12. The Morgan fingerprint density at radius 2 is 2.44 bits per heavy atom. The van der Waals surface area contributed by atoms with Crippen LogP contribution >= 0.6 is 0 Å². The van der Waals surface area contributed by atoms with Gasteiger partial charge >= 0.3 is 0 Å². The van der Waals surface area contributed by atoms with Gasteiger partial charge in [0.15, 0.2) is 0 Å². The lowest BCUT2D eigenvalue weighted by molar-refractivity contribution is 0.641. The van der Waals surface area contributed by atoms with Gasteiger partial charge in [-0.3, -0.25) is 0 Å². The molecule has 0 aromatic heterocycles. The van der Waals surface area contributed by atoms with Crippen LogP contribution in [0.5, 0.6) is 0 Å². The Morgan fingerprint density at radius 3 is 2.89 bits per heavy atom. The highest BCUT2D eigenvalue weighted by Crippen LogP contribution is 2.56. The van der Waals surface area contributed by atoms with Crippen LogP contribution < -0.4 is 0 Å². The molecule has 1 saturated carbocycles. The minimum atomic E-state index is 0.815. The van der Waals surface area contributed by atoms with Crippen LogP contribution in [0.25, 0.3) is 0 Å². The van der Waals surface area contributed by atoms with E-state index in [1.807, 2.05) is 0 Å². The van der Waals surface area contributed by atoms with E-state index >= 15 is 0 Å². The Bertz CT molecular complexity index is 196. The molecule has 0 radical (unpaired) electrons. The largest absolute Gasteiger partial charge is 0.0841 e. The third kappa shape index (κ3) is 0.536. The molecule has 0 heterocycles. The highest BCUT2D eigenvalue weighted by atomic mass is 14.5. The minimum Gasteiger partial charge on any atom is -0.0841 e. The van der Waals surface area contributed by atoms with Crippen molar-refractivity contribution in [2.75, 3.05) is 0 Å². The van der Waals surface area contributed by atoms with E-state index in [-0.39, 0.29) is 0 Å². The average molecular weight is 120 g/mol. The van der Waals surface area contributed by atoms with E-state index in [9.17, 15) is 0 Å². The minimum absolute atomic E-state index is 0.815. The maximum absolute atomic E-state index is 2.38. The highest BCUT2D eigenvalue weighted by Gasteiger charge is 2.44. The van der Waals surface area contributed by atoms with E-state index in [1.54, 1.807) is 11.1 Å². The predicted octanol–water partition coefficient (Wildman–Crippen LogP) is 2.53. The summed E-state index contributed by atoms with van der Waals surface area (Å²) in [6.45, 7) is 4.51. The van der Waals surface area contributed by atoms with Crippen molar-refractivity contribution in [3.8, 4) is 0 Å². The normalized spacial score (nSPS) is 41.6. The molecular formula is C9H12. The Labute approximate surface area is 56.3 Å². The molecule has 0 N–H and O–H groups in total. The third-order valence-corrected chi connectivity index (χ3v) is 2.41. The van der Waals surface area contributed by atoms with E-state index < -0.39 is 0 Å². The van der Waals surface area contributed by atoms with Crippen LogP contribution in [0.3, 0.4) is 0 Å². The van der Waals surface area contributed by atoms with Gasteiger partial charge < -0.3 is 0 Å². The highest BCUT2D eigenvalue weighted by molar-refractivity contribution is 5.56. The molecule has 0 heteroatoms. The Kier molecular flexibility index (Phi) is 0.879. The number of hydrogen-bond donors (Lipinski definition) is 0. The van der Waals surface area contributed by atoms with E-state index in [2.05, 4.69) is 26.0 Å². The number of allylic oxidation sites excluding steroid dienone is 4. The first-order valence-corrected chi connectivity index (χ1v) is 3.76. The summed E-state index contributed by atoms with van der Waals surface area (Å²) in [6, 6.07) is 0. The zero-order chi connectivity index (χ0) is 6.43. The maximum Gasteiger partial charge on any atom is 0.0202 e. The fraction of sp³-hybridized carbons (Fsp3) is 0.556. The van der Waals surface area contributed by atoms with Crippen molar-refractivity contribution in [3.63, 3.8) is 0 Å². The molecule has 2 rings (SSSR count). The predicted molar refractivity (Wildman–Crippen MR) is 39.1 cm³/mol. The topological polar surface area (TPSA) is 0 Å². The van der Waals surface area contributed by atoms with E-state index in [0.717, 1.165) is 11.8 Å². The van der Waals surface area contributed by atoms with Crippen LogP contribution in [-0.2, 0) is 0 Å². The van der Waals surface area contributed by atoms with Crippen molar-refractivity contribution in [2.24, 2.45) is 11.8 Å². The summed E-state index contributed by atoms with van der Waals surface area (Å²) in [4.78, 5) is 0. The van der Waals surface area contributed by atoms with Gasteiger partial charge in [0.25, 0.3) is 0 Å². The quantitative estimate of drug-likeness (QED) is 0.466. The molecule has 1 fully saturated rings. The van der Waals surface area contributed by atoms with Crippen LogP contribution in [0.2, 0.25) is 0 Å². The van der Waals surface area contributed by atoms with Gasteiger partial charge in [-0.2, -0.15) is 0 Å². The second kappa shape index (κ2) is 1.50. The Hall–Kier alpha value is -0.520. The van der Waals surface area contributed by atoms with Gasteiger partial charge in [0.2, 0.25) is 0 Å². The first-order valence-electron chi connectivity index (χ1n) is 3.76. The summed E-state index contributed by atoms with van der Waals surface area (Å²) in [5.41, 5.74) is 3.36. The molecule has 2 aliphatic carbocycles. The van der Waals surface area contributed by atoms with E-state index in [4.69, 9.17) is 0 Å². The second-order valence-electron chi connectivity index (χ2n) is 2.98. The standard InChI is InChI=1S/C9H12/c1-3-4-7-6(2)8-5-9(7)8/h4-6,9H,3H2,1-2H3. The Balaban J connectivity index is 2.10. The molecule has 0 bridgehead atoms. The van der Waals surface area contributed by atoms with Gasteiger partial charge in [-0.25, -0.2) is 0 Å². The van der Waals surface area contributed by atoms with Crippen LogP contribution in [0, 0.1) is 11.8 Å². The molecule has 48 valence electrons. The lowest BCUT2D eigenvalue weighted by Gasteiger charge is -2.24. The fourth-order valence-corrected chi connectivity index (χ4v) is 1.75. The van der Waals surface area contributed by atoms with Crippen molar-refractivity contribution >= 4 is 0 Å². The summed E-state index contributed by atoms with van der Waals surface area (Å²) in [7, 11) is 0. The maximum atomic E-state index is 2.38. The third-order valence-electron chi connectivity index (χ3n) is 2.41. The lowest BCUT2D eigenvalue weighted by atomic mass is 9.80.